The first-order valence-electron chi connectivity index (χ1n) is 9.13. The molecule has 2 aliphatic rings. The van der Waals surface area contributed by atoms with Crippen LogP contribution in [0.2, 0.25) is 0 Å². The molecule has 0 bridgehead atoms. The molecular weight excluding hydrogens is 464 g/mol. The number of thiophene rings is 1. The second-order valence-corrected chi connectivity index (χ2v) is 11.7. The zero-order valence-corrected chi connectivity index (χ0v) is 18.8. The predicted molar refractivity (Wildman–Crippen MR) is 112 cm³/mol. The van der Waals surface area contributed by atoms with Crippen molar-refractivity contribution in [3.63, 3.8) is 0 Å². The fourth-order valence-corrected chi connectivity index (χ4v) is 7.21. The minimum atomic E-state index is -3.52. The normalized spacial score (nSPS) is 22.8. The van der Waals surface area contributed by atoms with Crippen LogP contribution in [0.4, 0.5) is 0 Å². The number of hydrogen-bond acceptors (Lipinski definition) is 5. The van der Waals surface area contributed by atoms with Gasteiger partial charge in [-0.2, -0.15) is 4.31 Å². The highest BCUT2D eigenvalue weighted by Gasteiger charge is 2.35. The summed E-state index contributed by atoms with van der Waals surface area (Å²) < 4.78 is 34.0. The number of fused-ring (bicyclic) bond motifs is 1. The number of rotatable bonds is 3. The second kappa shape index (κ2) is 7.44. The molecule has 9 heteroatoms. The van der Waals surface area contributed by atoms with Gasteiger partial charge in [-0.15, -0.1) is 11.3 Å². The smallest absolute Gasteiger partial charge is 0.257 e. The molecule has 0 N–H and O–H groups in total. The molecule has 2 aliphatic heterocycles. The average Bonchev–Trinajstić information content (AvgIpc) is 3.25. The summed E-state index contributed by atoms with van der Waals surface area (Å²) in [5, 5.41) is 0. The Balaban J connectivity index is 1.49. The molecular formula is C19H21BrN2O4S2. The van der Waals surface area contributed by atoms with Crippen LogP contribution in [0.1, 0.15) is 35.7 Å². The van der Waals surface area contributed by atoms with Gasteiger partial charge in [-0.1, -0.05) is 19.1 Å². The van der Waals surface area contributed by atoms with Crippen molar-refractivity contribution in [2.24, 2.45) is 0 Å². The first-order valence-corrected chi connectivity index (χ1v) is 12.2. The van der Waals surface area contributed by atoms with Crippen molar-refractivity contribution in [1.82, 2.24) is 9.21 Å². The summed E-state index contributed by atoms with van der Waals surface area (Å²) in [5.74, 6) is 0.815. The number of carbonyl (C=O) groups is 1. The van der Waals surface area contributed by atoms with Crippen LogP contribution in [0.5, 0.6) is 5.75 Å². The van der Waals surface area contributed by atoms with Crippen LogP contribution in [0, 0.1) is 0 Å². The molecule has 1 aromatic heterocycles. The highest BCUT2D eigenvalue weighted by Crippen LogP contribution is 2.40. The van der Waals surface area contributed by atoms with Gasteiger partial charge in [-0.05, 0) is 41.1 Å². The van der Waals surface area contributed by atoms with E-state index in [-0.39, 0.29) is 31.0 Å². The maximum absolute atomic E-state index is 13.1. The number of sulfonamides is 1. The summed E-state index contributed by atoms with van der Waals surface area (Å²) in [5.41, 5.74) is 1.62. The van der Waals surface area contributed by atoms with Crippen molar-refractivity contribution in [2.45, 2.75) is 30.1 Å². The lowest BCUT2D eigenvalue weighted by molar-refractivity contribution is 0.0693. The molecule has 2 aromatic rings. The fourth-order valence-electron chi connectivity index (χ4n) is 3.62. The van der Waals surface area contributed by atoms with Gasteiger partial charge < -0.3 is 9.64 Å². The van der Waals surface area contributed by atoms with Gasteiger partial charge in [0.2, 0.25) is 0 Å². The lowest BCUT2D eigenvalue weighted by Gasteiger charge is -2.34. The van der Waals surface area contributed by atoms with E-state index in [1.54, 1.807) is 23.1 Å². The number of nitrogens with zero attached hydrogens (tertiary/aromatic N) is 2. The zero-order chi connectivity index (χ0) is 20.1. The zero-order valence-electron chi connectivity index (χ0n) is 15.6. The Morgan fingerprint density at radius 3 is 2.50 bits per heavy atom. The van der Waals surface area contributed by atoms with Gasteiger partial charge in [-0.25, -0.2) is 8.42 Å². The van der Waals surface area contributed by atoms with E-state index in [0.29, 0.717) is 28.6 Å². The molecule has 2 atom stereocenters. The second-order valence-electron chi connectivity index (χ2n) is 7.09. The summed E-state index contributed by atoms with van der Waals surface area (Å²) in [7, 11) is -3.52. The Morgan fingerprint density at radius 2 is 1.86 bits per heavy atom. The van der Waals surface area contributed by atoms with E-state index >= 15 is 0 Å². The van der Waals surface area contributed by atoms with Gasteiger partial charge in [0.25, 0.3) is 15.9 Å². The van der Waals surface area contributed by atoms with Crippen LogP contribution in [-0.2, 0) is 10.0 Å². The molecule has 3 heterocycles. The standard InChI is InChI=1S/C19H21BrN2O4S2/c1-12-13(2)26-18-14(12)4-3-5-15(18)19(23)21-8-10-22(11-9-21)28(24,25)17-7-6-16(20)27-17/h3-7,12-13H,8-11H2,1-2H3/t12-,13-/m0/s1. The van der Waals surface area contributed by atoms with Gasteiger partial charge >= 0.3 is 0 Å². The minimum absolute atomic E-state index is 0.0380. The monoisotopic (exact) mass is 484 g/mol. The summed E-state index contributed by atoms with van der Waals surface area (Å²) in [6.07, 6.45) is 0.0380. The van der Waals surface area contributed by atoms with E-state index in [4.69, 9.17) is 4.74 Å². The molecule has 0 radical (unpaired) electrons. The van der Waals surface area contributed by atoms with Crippen LogP contribution in [0.3, 0.4) is 0 Å². The van der Waals surface area contributed by atoms with Gasteiger partial charge in [0.15, 0.2) is 0 Å². The first-order chi connectivity index (χ1) is 13.3. The topological polar surface area (TPSA) is 66.9 Å². The third-order valence-corrected chi connectivity index (χ3v) is 9.43. The maximum Gasteiger partial charge on any atom is 0.257 e. The summed E-state index contributed by atoms with van der Waals surface area (Å²) >= 11 is 4.50. The van der Waals surface area contributed by atoms with Gasteiger partial charge in [0, 0.05) is 37.7 Å². The number of carbonyl (C=O) groups excluding carboxylic acids is 1. The van der Waals surface area contributed by atoms with Crippen molar-refractivity contribution in [3.05, 3.63) is 45.2 Å². The van der Waals surface area contributed by atoms with E-state index in [9.17, 15) is 13.2 Å². The van der Waals surface area contributed by atoms with E-state index in [1.165, 1.54) is 15.6 Å². The third-order valence-electron chi connectivity index (χ3n) is 5.44. The number of halogens is 1. The lowest BCUT2D eigenvalue weighted by Crippen LogP contribution is -2.50. The molecule has 1 amide bonds. The molecule has 0 aliphatic carbocycles. The van der Waals surface area contributed by atoms with Crippen LogP contribution in [-0.4, -0.2) is 55.8 Å². The lowest BCUT2D eigenvalue weighted by atomic mass is 9.96. The Labute approximate surface area is 177 Å². The van der Waals surface area contributed by atoms with Crippen molar-refractivity contribution >= 4 is 43.2 Å². The van der Waals surface area contributed by atoms with E-state index in [0.717, 1.165) is 9.35 Å². The molecule has 1 saturated heterocycles. The van der Waals surface area contributed by atoms with Crippen molar-refractivity contribution in [3.8, 4) is 5.75 Å². The number of hydrogen-bond donors (Lipinski definition) is 0. The fraction of sp³-hybridized carbons (Fsp3) is 0.421. The van der Waals surface area contributed by atoms with E-state index < -0.39 is 10.0 Å². The number of para-hydroxylation sites is 1. The highest BCUT2D eigenvalue weighted by atomic mass is 79.9. The summed E-state index contributed by atoms with van der Waals surface area (Å²) in [6.45, 7) is 5.39. The van der Waals surface area contributed by atoms with Gasteiger partial charge in [0.05, 0.1) is 9.35 Å². The maximum atomic E-state index is 13.1. The first kappa shape index (κ1) is 19.9. The van der Waals surface area contributed by atoms with Crippen molar-refractivity contribution in [2.75, 3.05) is 26.2 Å². The minimum Gasteiger partial charge on any atom is -0.489 e. The number of piperazine rings is 1. The number of benzene rings is 1. The SMILES string of the molecule is C[C@@H]1Oc2c(C(=O)N3CCN(S(=O)(=O)c4ccc(Br)s4)CC3)cccc2[C@H]1C. The Hall–Kier alpha value is -1.42. The molecule has 6 nitrogen and oxygen atoms in total. The van der Waals surface area contributed by atoms with Crippen LogP contribution in [0.25, 0.3) is 0 Å². The molecule has 150 valence electrons. The van der Waals surface area contributed by atoms with Crippen LogP contribution >= 0.6 is 27.3 Å². The van der Waals surface area contributed by atoms with Crippen molar-refractivity contribution < 1.29 is 17.9 Å². The molecule has 0 spiro atoms. The number of amides is 1. The molecule has 1 aromatic carbocycles. The van der Waals surface area contributed by atoms with Crippen LogP contribution < -0.4 is 4.74 Å². The van der Waals surface area contributed by atoms with E-state index in [2.05, 4.69) is 22.9 Å². The van der Waals surface area contributed by atoms with Gasteiger partial charge in [0.1, 0.15) is 16.1 Å². The summed E-state index contributed by atoms with van der Waals surface area (Å²) in [4.78, 5) is 14.8. The third kappa shape index (κ3) is 3.38. The largest absolute Gasteiger partial charge is 0.489 e. The van der Waals surface area contributed by atoms with Crippen LogP contribution in [0.15, 0.2) is 38.3 Å². The van der Waals surface area contributed by atoms with Gasteiger partial charge in [-0.3, -0.25) is 4.79 Å². The number of ether oxygens (including phenoxy) is 1. The molecule has 28 heavy (non-hydrogen) atoms. The molecule has 1 fully saturated rings. The predicted octanol–water partition coefficient (Wildman–Crippen LogP) is 3.54. The Kier molecular flexibility index (Phi) is 5.28. The average molecular weight is 485 g/mol. The highest BCUT2D eigenvalue weighted by molar-refractivity contribution is 9.11. The van der Waals surface area contributed by atoms with E-state index in [1.807, 2.05) is 19.1 Å². The molecule has 0 unspecified atom stereocenters. The molecule has 4 rings (SSSR count). The Bertz CT molecular complexity index is 1010. The molecule has 0 saturated carbocycles. The Morgan fingerprint density at radius 1 is 1.14 bits per heavy atom. The van der Waals surface area contributed by atoms with Crippen molar-refractivity contribution in [1.29, 1.82) is 0 Å². The quantitative estimate of drug-likeness (QED) is 0.667. The summed E-state index contributed by atoms with van der Waals surface area (Å²) in [6, 6.07) is 9.02.